The van der Waals surface area contributed by atoms with Crippen molar-refractivity contribution in [1.82, 2.24) is 0 Å². The molecular weight excluding hydrogens is 192 g/mol. The molecule has 0 spiro atoms. The summed E-state index contributed by atoms with van der Waals surface area (Å²) in [5.41, 5.74) is 0. The standard InChI is InChI=1S/C16H30/c1-5-6-7-10-13-16(4)14-11-8-9-12-15(2)3/h7-8,10-11,15-16H,5-6,9,12-14H2,1-4H3. The lowest BCUT2D eigenvalue weighted by Gasteiger charge is -2.04. The molecule has 0 heterocycles. The molecule has 0 heteroatoms. The van der Waals surface area contributed by atoms with Gasteiger partial charge in [0.1, 0.15) is 0 Å². The van der Waals surface area contributed by atoms with Gasteiger partial charge in [0, 0.05) is 0 Å². The van der Waals surface area contributed by atoms with Crippen molar-refractivity contribution < 1.29 is 0 Å². The zero-order valence-electron chi connectivity index (χ0n) is 11.7. The number of hydrogen-bond donors (Lipinski definition) is 0. The van der Waals surface area contributed by atoms with Crippen LogP contribution in [0, 0.1) is 11.8 Å². The van der Waals surface area contributed by atoms with E-state index in [0.717, 1.165) is 11.8 Å². The Morgan fingerprint density at radius 1 is 0.812 bits per heavy atom. The first-order chi connectivity index (χ1) is 7.66. The summed E-state index contributed by atoms with van der Waals surface area (Å²) in [6.45, 7) is 9.14. The average molecular weight is 222 g/mol. The Bertz CT molecular complexity index is 186. The normalized spacial score (nSPS) is 14.3. The minimum Gasteiger partial charge on any atom is -0.0885 e. The van der Waals surface area contributed by atoms with Gasteiger partial charge in [-0.05, 0) is 43.9 Å². The highest BCUT2D eigenvalue weighted by molar-refractivity contribution is 4.87. The highest BCUT2D eigenvalue weighted by Gasteiger charge is 1.95. The van der Waals surface area contributed by atoms with E-state index in [9.17, 15) is 0 Å². The molecule has 0 N–H and O–H groups in total. The summed E-state index contributed by atoms with van der Waals surface area (Å²) in [6.07, 6.45) is 16.9. The highest BCUT2D eigenvalue weighted by Crippen LogP contribution is 2.11. The lowest BCUT2D eigenvalue weighted by atomic mass is 10.0. The van der Waals surface area contributed by atoms with Crippen LogP contribution < -0.4 is 0 Å². The molecule has 0 rings (SSSR count). The van der Waals surface area contributed by atoms with E-state index >= 15 is 0 Å². The third-order valence-electron chi connectivity index (χ3n) is 2.78. The van der Waals surface area contributed by atoms with Gasteiger partial charge in [0.05, 0.1) is 0 Å². The van der Waals surface area contributed by atoms with Crippen molar-refractivity contribution in [3.63, 3.8) is 0 Å². The van der Waals surface area contributed by atoms with Gasteiger partial charge < -0.3 is 0 Å². The van der Waals surface area contributed by atoms with Gasteiger partial charge in [0.25, 0.3) is 0 Å². The lowest BCUT2D eigenvalue weighted by molar-refractivity contribution is 0.585. The number of allylic oxidation sites excluding steroid dienone is 4. The van der Waals surface area contributed by atoms with E-state index in [1.165, 1.54) is 38.5 Å². The third kappa shape index (κ3) is 11.6. The van der Waals surface area contributed by atoms with E-state index < -0.39 is 0 Å². The van der Waals surface area contributed by atoms with Gasteiger partial charge in [0.2, 0.25) is 0 Å². The molecule has 0 aromatic heterocycles. The van der Waals surface area contributed by atoms with Crippen molar-refractivity contribution in [2.24, 2.45) is 11.8 Å². The van der Waals surface area contributed by atoms with Gasteiger partial charge in [-0.25, -0.2) is 0 Å². The van der Waals surface area contributed by atoms with Crippen LogP contribution in [0.15, 0.2) is 24.3 Å². The maximum Gasteiger partial charge on any atom is -0.0322 e. The first-order valence-corrected chi connectivity index (χ1v) is 6.96. The predicted octanol–water partition coefficient (Wildman–Crippen LogP) is 5.75. The summed E-state index contributed by atoms with van der Waals surface area (Å²) >= 11 is 0. The summed E-state index contributed by atoms with van der Waals surface area (Å²) in [7, 11) is 0. The van der Waals surface area contributed by atoms with Crippen molar-refractivity contribution in [1.29, 1.82) is 0 Å². The maximum absolute atomic E-state index is 2.36. The molecule has 94 valence electrons. The van der Waals surface area contributed by atoms with Crippen LogP contribution in [-0.4, -0.2) is 0 Å². The third-order valence-corrected chi connectivity index (χ3v) is 2.78. The zero-order valence-corrected chi connectivity index (χ0v) is 11.7. The van der Waals surface area contributed by atoms with E-state index in [0.29, 0.717) is 0 Å². The van der Waals surface area contributed by atoms with E-state index in [2.05, 4.69) is 52.0 Å². The molecule has 0 nitrogen and oxygen atoms in total. The Kier molecular flexibility index (Phi) is 10.6. The largest absolute Gasteiger partial charge is 0.0885 e. The van der Waals surface area contributed by atoms with Crippen molar-refractivity contribution >= 4 is 0 Å². The fourth-order valence-corrected chi connectivity index (χ4v) is 1.59. The molecule has 0 radical (unpaired) electrons. The predicted molar refractivity (Wildman–Crippen MR) is 75.7 cm³/mol. The molecule has 1 atom stereocenters. The average Bonchev–Trinajstić information content (AvgIpc) is 2.23. The van der Waals surface area contributed by atoms with Crippen LogP contribution in [0.2, 0.25) is 0 Å². The minimum absolute atomic E-state index is 0.795. The molecule has 0 saturated carbocycles. The second-order valence-corrected chi connectivity index (χ2v) is 5.28. The van der Waals surface area contributed by atoms with Crippen LogP contribution in [0.1, 0.15) is 66.2 Å². The van der Waals surface area contributed by atoms with Crippen molar-refractivity contribution in [2.45, 2.75) is 66.2 Å². The molecule has 0 aromatic rings. The molecule has 0 amide bonds. The van der Waals surface area contributed by atoms with Crippen LogP contribution in [0.4, 0.5) is 0 Å². The van der Waals surface area contributed by atoms with E-state index in [1.807, 2.05) is 0 Å². The van der Waals surface area contributed by atoms with Gasteiger partial charge in [-0.15, -0.1) is 0 Å². The Labute approximate surface area is 103 Å². The van der Waals surface area contributed by atoms with Gasteiger partial charge >= 0.3 is 0 Å². The van der Waals surface area contributed by atoms with E-state index in [4.69, 9.17) is 0 Å². The summed E-state index contributed by atoms with van der Waals surface area (Å²) < 4.78 is 0. The van der Waals surface area contributed by atoms with Crippen molar-refractivity contribution in [3.8, 4) is 0 Å². The van der Waals surface area contributed by atoms with Crippen LogP contribution in [0.5, 0.6) is 0 Å². The Morgan fingerprint density at radius 2 is 1.38 bits per heavy atom. The van der Waals surface area contributed by atoms with Crippen LogP contribution >= 0.6 is 0 Å². The molecule has 0 fully saturated rings. The zero-order chi connectivity index (χ0) is 12.2. The second kappa shape index (κ2) is 11.0. The molecule has 16 heavy (non-hydrogen) atoms. The van der Waals surface area contributed by atoms with Gasteiger partial charge in [-0.2, -0.15) is 0 Å². The van der Waals surface area contributed by atoms with Gasteiger partial charge in [-0.1, -0.05) is 58.4 Å². The molecule has 1 unspecified atom stereocenters. The fraction of sp³-hybridized carbons (Fsp3) is 0.750. The summed E-state index contributed by atoms with van der Waals surface area (Å²) in [5.74, 6) is 1.63. The number of rotatable bonds is 9. The Hall–Kier alpha value is -0.520. The van der Waals surface area contributed by atoms with E-state index in [-0.39, 0.29) is 0 Å². The molecule has 0 aliphatic heterocycles. The van der Waals surface area contributed by atoms with E-state index in [1.54, 1.807) is 0 Å². The first kappa shape index (κ1) is 15.5. The first-order valence-electron chi connectivity index (χ1n) is 6.96. The van der Waals surface area contributed by atoms with Crippen molar-refractivity contribution in [3.05, 3.63) is 24.3 Å². The fourth-order valence-electron chi connectivity index (χ4n) is 1.59. The summed E-state index contributed by atoms with van der Waals surface area (Å²) in [6, 6.07) is 0. The van der Waals surface area contributed by atoms with Crippen LogP contribution in [-0.2, 0) is 0 Å². The van der Waals surface area contributed by atoms with Crippen molar-refractivity contribution in [2.75, 3.05) is 0 Å². The van der Waals surface area contributed by atoms with Gasteiger partial charge in [-0.3, -0.25) is 0 Å². The number of hydrogen-bond acceptors (Lipinski definition) is 0. The molecule has 0 aromatic carbocycles. The Morgan fingerprint density at radius 3 is 1.88 bits per heavy atom. The van der Waals surface area contributed by atoms with Crippen LogP contribution in [0.3, 0.4) is 0 Å². The van der Waals surface area contributed by atoms with Gasteiger partial charge in [0.15, 0.2) is 0 Å². The summed E-state index contributed by atoms with van der Waals surface area (Å²) in [5, 5.41) is 0. The SMILES string of the molecule is CCCC=CCC(C)CC=CCCC(C)C. The maximum atomic E-state index is 2.36. The highest BCUT2D eigenvalue weighted by atomic mass is 14.0. The second-order valence-electron chi connectivity index (χ2n) is 5.28. The smallest absolute Gasteiger partial charge is 0.0322 e. The molecular formula is C16H30. The lowest BCUT2D eigenvalue weighted by Crippen LogP contribution is -1.89. The Balaban J connectivity index is 3.45. The molecule has 0 bridgehead atoms. The quantitative estimate of drug-likeness (QED) is 0.436. The minimum atomic E-state index is 0.795. The monoisotopic (exact) mass is 222 g/mol. The topological polar surface area (TPSA) is 0 Å². The molecule has 0 aliphatic carbocycles. The molecule has 0 aliphatic rings. The molecule has 0 saturated heterocycles. The number of unbranched alkanes of at least 4 members (excludes halogenated alkanes) is 1. The van der Waals surface area contributed by atoms with Crippen LogP contribution in [0.25, 0.3) is 0 Å². The summed E-state index contributed by atoms with van der Waals surface area (Å²) in [4.78, 5) is 0.